The van der Waals surface area contributed by atoms with Gasteiger partial charge in [-0.15, -0.1) is 0 Å². The second-order valence-corrected chi connectivity index (χ2v) is 6.39. The highest BCUT2D eigenvalue weighted by Crippen LogP contribution is 2.19. The van der Waals surface area contributed by atoms with Gasteiger partial charge in [-0.1, -0.05) is 29.3 Å². The van der Waals surface area contributed by atoms with Crippen molar-refractivity contribution in [3.05, 3.63) is 59.6 Å². The van der Waals surface area contributed by atoms with Crippen LogP contribution in [0, 0.1) is 6.92 Å². The molecule has 2 N–H and O–H groups in total. The summed E-state index contributed by atoms with van der Waals surface area (Å²) in [6.45, 7) is 2.85. The van der Waals surface area contributed by atoms with Crippen LogP contribution < -0.4 is 10.6 Å². The number of hydrogen-bond donors (Lipinski definition) is 2. The zero-order valence-corrected chi connectivity index (χ0v) is 14.6. The van der Waals surface area contributed by atoms with Crippen molar-refractivity contribution in [2.24, 2.45) is 0 Å². The summed E-state index contributed by atoms with van der Waals surface area (Å²) in [5.74, 6) is 0.443. The van der Waals surface area contributed by atoms with Crippen molar-refractivity contribution < 1.29 is 4.79 Å². The highest BCUT2D eigenvalue weighted by Gasteiger charge is 2.09. The van der Waals surface area contributed by atoms with Gasteiger partial charge in [0.1, 0.15) is 11.5 Å². The Labute approximate surface area is 148 Å². The lowest BCUT2D eigenvalue weighted by Crippen LogP contribution is -2.14. The minimum Gasteiger partial charge on any atom is -0.368 e. The smallest absolute Gasteiger partial charge is 0.275 e. The minimum atomic E-state index is -0.254. The standard InChI is InChI=1S/C20H24N4O/c1-15-7-9-17(10-8-15)24-20(25)18-13-23-19(14-22-18)21-12-11-16-5-3-2-4-6-16/h5,7-10,13-14H,2-4,6,11-12H2,1H3,(H,21,23)(H,24,25). The Bertz CT molecular complexity index is 735. The van der Waals surface area contributed by atoms with E-state index in [0.717, 1.165) is 24.2 Å². The lowest BCUT2D eigenvalue weighted by molar-refractivity contribution is 0.102. The second kappa shape index (κ2) is 8.42. The van der Waals surface area contributed by atoms with Crippen molar-refractivity contribution in [1.29, 1.82) is 0 Å². The molecule has 1 aromatic heterocycles. The average Bonchev–Trinajstić information content (AvgIpc) is 2.65. The van der Waals surface area contributed by atoms with Crippen LogP contribution in [0.5, 0.6) is 0 Å². The van der Waals surface area contributed by atoms with Gasteiger partial charge in [-0.25, -0.2) is 9.97 Å². The Balaban J connectivity index is 1.50. The lowest BCUT2D eigenvalue weighted by Gasteiger charge is -2.13. The fourth-order valence-electron chi connectivity index (χ4n) is 2.85. The predicted octanol–water partition coefficient (Wildman–Crippen LogP) is 4.34. The van der Waals surface area contributed by atoms with E-state index >= 15 is 0 Å². The SMILES string of the molecule is Cc1ccc(NC(=O)c2cnc(NCCC3=CCCCC3)cn2)cc1. The number of rotatable bonds is 6. The van der Waals surface area contributed by atoms with E-state index in [2.05, 4.69) is 26.7 Å². The molecule has 3 rings (SSSR count). The number of carbonyl (C=O) groups excluding carboxylic acids is 1. The summed E-state index contributed by atoms with van der Waals surface area (Å²) in [5, 5.41) is 6.09. The predicted molar refractivity (Wildman–Crippen MR) is 101 cm³/mol. The molecule has 130 valence electrons. The number of aryl methyl sites for hydroxylation is 1. The third-order valence-corrected chi connectivity index (χ3v) is 4.33. The van der Waals surface area contributed by atoms with E-state index in [0.29, 0.717) is 11.5 Å². The summed E-state index contributed by atoms with van der Waals surface area (Å²) in [6, 6.07) is 7.65. The van der Waals surface area contributed by atoms with Crippen molar-refractivity contribution in [3.8, 4) is 0 Å². The first-order valence-electron chi connectivity index (χ1n) is 8.82. The molecule has 25 heavy (non-hydrogen) atoms. The van der Waals surface area contributed by atoms with Crippen LogP contribution in [0.4, 0.5) is 11.5 Å². The van der Waals surface area contributed by atoms with Gasteiger partial charge < -0.3 is 10.6 Å². The van der Waals surface area contributed by atoms with Gasteiger partial charge in [-0.2, -0.15) is 0 Å². The summed E-state index contributed by atoms with van der Waals surface area (Å²) in [5.41, 5.74) is 3.74. The highest BCUT2D eigenvalue weighted by atomic mass is 16.1. The molecule has 0 aliphatic heterocycles. The largest absolute Gasteiger partial charge is 0.368 e. The van der Waals surface area contributed by atoms with Crippen LogP contribution >= 0.6 is 0 Å². The summed E-state index contributed by atoms with van der Waals surface area (Å²) in [6.07, 6.45) is 11.5. The number of allylic oxidation sites excluding steroid dienone is 1. The van der Waals surface area contributed by atoms with Gasteiger partial charge in [0, 0.05) is 12.2 Å². The number of amides is 1. The maximum atomic E-state index is 12.2. The van der Waals surface area contributed by atoms with Crippen molar-refractivity contribution in [2.45, 2.75) is 39.0 Å². The van der Waals surface area contributed by atoms with Crippen LogP contribution in [-0.4, -0.2) is 22.4 Å². The first kappa shape index (κ1) is 17.1. The summed E-state index contributed by atoms with van der Waals surface area (Å²) < 4.78 is 0. The molecule has 0 saturated heterocycles. The molecular formula is C20H24N4O. The van der Waals surface area contributed by atoms with Crippen LogP contribution in [0.15, 0.2) is 48.3 Å². The third kappa shape index (κ3) is 5.14. The van der Waals surface area contributed by atoms with Gasteiger partial charge in [0.2, 0.25) is 0 Å². The maximum absolute atomic E-state index is 12.2. The molecule has 0 atom stereocenters. The molecule has 0 spiro atoms. The average molecular weight is 336 g/mol. The topological polar surface area (TPSA) is 66.9 Å². The molecule has 0 fully saturated rings. The zero-order valence-electron chi connectivity index (χ0n) is 14.6. The molecule has 5 heteroatoms. The normalized spacial score (nSPS) is 13.9. The number of hydrogen-bond acceptors (Lipinski definition) is 4. The molecule has 0 bridgehead atoms. The Kier molecular flexibility index (Phi) is 5.77. The molecule has 1 heterocycles. The fraction of sp³-hybridized carbons (Fsp3) is 0.350. The van der Waals surface area contributed by atoms with E-state index in [1.807, 2.05) is 31.2 Å². The van der Waals surface area contributed by atoms with Gasteiger partial charge in [0.15, 0.2) is 0 Å². The Morgan fingerprint density at radius 3 is 2.64 bits per heavy atom. The van der Waals surface area contributed by atoms with E-state index in [4.69, 9.17) is 0 Å². The summed E-state index contributed by atoms with van der Waals surface area (Å²) in [4.78, 5) is 20.7. The van der Waals surface area contributed by atoms with E-state index in [1.54, 1.807) is 6.20 Å². The Morgan fingerprint density at radius 2 is 1.96 bits per heavy atom. The molecule has 1 aromatic carbocycles. The molecule has 0 unspecified atom stereocenters. The monoisotopic (exact) mass is 336 g/mol. The van der Waals surface area contributed by atoms with Crippen LogP contribution in [0.25, 0.3) is 0 Å². The quantitative estimate of drug-likeness (QED) is 0.770. The number of anilines is 2. The van der Waals surface area contributed by atoms with Crippen molar-refractivity contribution in [3.63, 3.8) is 0 Å². The van der Waals surface area contributed by atoms with Crippen molar-refractivity contribution in [1.82, 2.24) is 9.97 Å². The molecule has 1 aliphatic rings. The van der Waals surface area contributed by atoms with Crippen LogP contribution in [0.3, 0.4) is 0 Å². The molecule has 2 aromatic rings. The number of benzene rings is 1. The van der Waals surface area contributed by atoms with Crippen molar-refractivity contribution >= 4 is 17.4 Å². The van der Waals surface area contributed by atoms with E-state index in [-0.39, 0.29) is 5.91 Å². The minimum absolute atomic E-state index is 0.254. The number of carbonyl (C=O) groups is 1. The first-order chi connectivity index (χ1) is 12.2. The number of nitrogens with one attached hydrogen (secondary N) is 2. The van der Waals surface area contributed by atoms with E-state index in [1.165, 1.54) is 37.5 Å². The second-order valence-electron chi connectivity index (χ2n) is 6.39. The van der Waals surface area contributed by atoms with E-state index in [9.17, 15) is 4.79 Å². The van der Waals surface area contributed by atoms with Gasteiger partial charge in [0.05, 0.1) is 12.4 Å². The number of nitrogens with zero attached hydrogens (tertiary/aromatic N) is 2. The number of aromatic nitrogens is 2. The summed E-state index contributed by atoms with van der Waals surface area (Å²) in [7, 11) is 0. The zero-order chi connectivity index (χ0) is 17.5. The Hall–Kier alpha value is -2.69. The summed E-state index contributed by atoms with van der Waals surface area (Å²) >= 11 is 0. The molecule has 1 aliphatic carbocycles. The van der Waals surface area contributed by atoms with Crippen LogP contribution in [0.2, 0.25) is 0 Å². The fourth-order valence-corrected chi connectivity index (χ4v) is 2.85. The van der Waals surface area contributed by atoms with Gasteiger partial charge >= 0.3 is 0 Å². The lowest BCUT2D eigenvalue weighted by atomic mass is 9.97. The molecular weight excluding hydrogens is 312 g/mol. The molecule has 1 amide bonds. The molecule has 0 saturated carbocycles. The maximum Gasteiger partial charge on any atom is 0.275 e. The molecule has 0 radical (unpaired) electrons. The van der Waals surface area contributed by atoms with E-state index < -0.39 is 0 Å². The van der Waals surface area contributed by atoms with Crippen LogP contribution in [0.1, 0.15) is 48.2 Å². The highest BCUT2D eigenvalue weighted by molar-refractivity contribution is 6.02. The van der Waals surface area contributed by atoms with Crippen LogP contribution in [-0.2, 0) is 0 Å². The van der Waals surface area contributed by atoms with Crippen molar-refractivity contribution in [2.75, 3.05) is 17.2 Å². The third-order valence-electron chi connectivity index (χ3n) is 4.33. The van der Waals surface area contributed by atoms with Gasteiger partial charge in [-0.3, -0.25) is 4.79 Å². The molecule has 5 nitrogen and oxygen atoms in total. The Morgan fingerprint density at radius 1 is 1.12 bits per heavy atom. The first-order valence-corrected chi connectivity index (χ1v) is 8.82. The van der Waals surface area contributed by atoms with Gasteiger partial charge in [-0.05, 0) is 51.2 Å². The van der Waals surface area contributed by atoms with Gasteiger partial charge in [0.25, 0.3) is 5.91 Å².